The lowest BCUT2D eigenvalue weighted by Crippen LogP contribution is -2.20. The number of carbonyl (C=O) groups is 1. The summed E-state index contributed by atoms with van der Waals surface area (Å²) in [6.45, 7) is -0.615. The lowest BCUT2D eigenvalue weighted by Gasteiger charge is -2.13. The molecule has 0 unspecified atom stereocenters. The highest BCUT2D eigenvalue weighted by molar-refractivity contribution is 9.10. The normalized spacial score (nSPS) is 11.4. The van der Waals surface area contributed by atoms with Gasteiger partial charge in [0.05, 0.1) is 24.2 Å². The number of carboxylic acid groups (broad SMARTS) is 1. The first kappa shape index (κ1) is 24.5. The van der Waals surface area contributed by atoms with Crippen molar-refractivity contribution in [3.8, 4) is 23.1 Å². The summed E-state index contributed by atoms with van der Waals surface area (Å²) in [5.41, 5.74) is 0.955. The lowest BCUT2D eigenvalue weighted by atomic mass is 10.2. The molecule has 0 atom stereocenters. The van der Waals surface area contributed by atoms with E-state index in [1.807, 2.05) is 12.1 Å². The summed E-state index contributed by atoms with van der Waals surface area (Å²) in [6, 6.07) is 17.2. The Morgan fingerprint density at radius 1 is 1.22 bits per heavy atom. The van der Waals surface area contributed by atoms with Crippen LogP contribution in [-0.2, 0) is 4.79 Å². The minimum atomic E-state index is -1.17. The van der Waals surface area contributed by atoms with Crippen LogP contribution in [0.25, 0.3) is 33.5 Å². The van der Waals surface area contributed by atoms with Gasteiger partial charge in [-0.3, -0.25) is 4.79 Å². The number of halogens is 2. The van der Waals surface area contributed by atoms with Crippen molar-refractivity contribution in [2.24, 2.45) is 5.10 Å². The number of benzene rings is 3. The Balaban J connectivity index is 1.70. The van der Waals surface area contributed by atoms with Gasteiger partial charge in [0.25, 0.3) is 5.56 Å². The van der Waals surface area contributed by atoms with Crippen LogP contribution in [0.3, 0.4) is 0 Å². The Hall–Kier alpha value is -4.15. The summed E-state index contributed by atoms with van der Waals surface area (Å²) < 4.78 is 18.7. The van der Waals surface area contributed by atoms with Crippen LogP contribution in [0, 0.1) is 0 Å². The quantitative estimate of drug-likeness (QED) is 0.249. The number of aliphatic carboxylic acids is 1. The molecule has 37 heavy (non-hydrogen) atoms. The van der Waals surface area contributed by atoms with E-state index in [2.05, 4.69) is 26.0 Å². The number of hydrogen-bond acceptors (Lipinski definition) is 7. The largest absolute Gasteiger partial charge is 0.493 e. The molecule has 0 aliphatic rings. The first-order valence-electron chi connectivity index (χ1n) is 10.8. The average molecular weight is 583 g/mol. The van der Waals surface area contributed by atoms with Gasteiger partial charge in [-0.05, 0) is 42.5 Å². The van der Waals surface area contributed by atoms with E-state index in [1.54, 1.807) is 36.4 Å². The maximum atomic E-state index is 13.5. The van der Waals surface area contributed by atoms with Gasteiger partial charge >= 0.3 is 5.97 Å². The Morgan fingerprint density at radius 3 is 2.81 bits per heavy atom. The molecule has 0 bridgehead atoms. The molecule has 5 aromatic rings. The van der Waals surface area contributed by atoms with Gasteiger partial charge in [0.2, 0.25) is 5.82 Å². The highest BCUT2D eigenvalue weighted by Gasteiger charge is 2.18. The lowest BCUT2D eigenvalue weighted by molar-refractivity contribution is -0.139. The minimum absolute atomic E-state index is 0.106. The van der Waals surface area contributed by atoms with Gasteiger partial charge < -0.3 is 19.0 Å². The third-order valence-electron chi connectivity index (χ3n) is 5.37. The van der Waals surface area contributed by atoms with Crippen molar-refractivity contribution >= 4 is 61.6 Å². The Morgan fingerprint density at radius 2 is 2.03 bits per heavy atom. The van der Waals surface area contributed by atoms with E-state index in [1.165, 1.54) is 25.5 Å². The molecule has 0 radical (unpaired) electrons. The first-order valence-corrected chi connectivity index (χ1v) is 12.0. The number of methoxy groups -OCH3 is 1. The number of rotatable bonds is 7. The monoisotopic (exact) mass is 581 g/mol. The second-order valence-corrected chi connectivity index (χ2v) is 9.17. The van der Waals surface area contributed by atoms with Crippen molar-refractivity contribution in [1.29, 1.82) is 0 Å². The molecule has 0 fully saturated rings. The van der Waals surface area contributed by atoms with Gasteiger partial charge in [-0.25, -0.2) is 9.78 Å². The molecular formula is C26H17BrClN3O6. The zero-order valence-corrected chi connectivity index (χ0v) is 21.5. The van der Waals surface area contributed by atoms with Crippen molar-refractivity contribution in [1.82, 2.24) is 9.66 Å². The summed E-state index contributed by atoms with van der Waals surface area (Å²) in [5.74, 6) is -0.348. The molecule has 0 spiro atoms. The number of ether oxygens (including phenoxy) is 2. The van der Waals surface area contributed by atoms with Crippen LogP contribution in [0.2, 0.25) is 5.02 Å². The van der Waals surface area contributed by atoms with Crippen molar-refractivity contribution in [3.05, 3.63) is 86.1 Å². The molecule has 11 heteroatoms. The van der Waals surface area contributed by atoms with E-state index in [0.717, 1.165) is 14.5 Å². The number of nitrogens with zero attached hydrogens (tertiary/aromatic N) is 3. The fourth-order valence-corrected chi connectivity index (χ4v) is 4.35. The van der Waals surface area contributed by atoms with Gasteiger partial charge in [0.15, 0.2) is 23.9 Å². The summed E-state index contributed by atoms with van der Waals surface area (Å²) in [7, 11) is 1.40. The highest BCUT2D eigenvalue weighted by atomic mass is 79.9. The molecule has 3 aromatic carbocycles. The van der Waals surface area contributed by atoms with Gasteiger partial charge in [-0.2, -0.15) is 9.78 Å². The third kappa shape index (κ3) is 4.93. The number of furan rings is 1. The van der Waals surface area contributed by atoms with Crippen LogP contribution < -0.4 is 15.0 Å². The van der Waals surface area contributed by atoms with E-state index in [4.69, 9.17) is 30.6 Å². The smallest absolute Gasteiger partial charge is 0.341 e. The number of hydrogen-bond donors (Lipinski definition) is 1. The Bertz CT molecular complexity index is 1760. The van der Waals surface area contributed by atoms with E-state index in [-0.39, 0.29) is 17.3 Å². The number of para-hydroxylation sites is 1. The molecule has 0 saturated carbocycles. The van der Waals surface area contributed by atoms with Crippen molar-refractivity contribution in [3.63, 3.8) is 0 Å². The molecule has 2 heterocycles. The SMILES string of the molecule is COc1cc(Cl)cc(C=Nn2c(-c3cc4cc(Br)ccc4o3)nc3ccccc3c2=O)c1OCC(=O)O. The summed E-state index contributed by atoms with van der Waals surface area (Å²) >= 11 is 9.67. The van der Waals surface area contributed by atoms with Crippen molar-refractivity contribution in [2.75, 3.05) is 13.7 Å². The highest BCUT2D eigenvalue weighted by Crippen LogP contribution is 2.34. The zero-order chi connectivity index (χ0) is 26.1. The molecule has 0 saturated heterocycles. The minimum Gasteiger partial charge on any atom is -0.493 e. The standard InChI is InChI=1S/C26H17BrClN3O6/c1-35-21-11-17(28)9-15(24(21)36-13-23(32)33)12-29-31-25(30-19-5-3-2-4-18(19)26(31)34)22-10-14-8-16(27)6-7-20(14)37-22/h2-12H,13H2,1H3,(H,32,33). The molecule has 186 valence electrons. The van der Waals surface area contributed by atoms with Gasteiger partial charge in [-0.15, -0.1) is 0 Å². The fourth-order valence-electron chi connectivity index (χ4n) is 3.76. The molecule has 9 nitrogen and oxygen atoms in total. The summed E-state index contributed by atoms with van der Waals surface area (Å²) in [5, 5.41) is 14.9. The molecule has 2 aromatic heterocycles. The Labute approximate surface area is 222 Å². The second kappa shape index (κ2) is 10.1. The van der Waals surface area contributed by atoms with E-state index < -0.39 is 18.1 Å². The van der Waals surface area contributed by atoms with E-state index in [0.29, 0.717) is 32.8 Å². The third-order valence-corrected chi connectivity index (χ3v) is 6.08. The van der Waals surface area contributed by atoms with Gasteiger partial charge in [-0.1, -0.05) is 39.7 Å². The van der Waals surface area contributed by atoms with Crippen molar-refractivity contribution in [2.45, 2.75) is 0 Å². The molecule has 0 aliphatic heterocycles. The molecular weight excluding hydrogens is 566 g/mol. The maximum absolute atomic E-state index is 13.5. The topological polar surface area (TPSA) is 116 Å². The number of aromatic nitrogens is 2. The summed E-state index contributed by atoms with van der Waals surface area (Å²) in [4.78, 5) is 29.3. The van der Waals surface area contributed by atoms with E-state index >= 15 is 0 Å². The van der Waals surface area contributed by atoms with Crippen LogP contribution in [0.15, 0.2) is 79.4 Å². The van der Waals surface area contributed by atoms with Crippen LogP contribution in [-0.4, -0.2) is 40.7 Å². The first-order chi connectivity index (χ1) is 17.8. The molecule has 0 amide bonds. The Kier molecular flexibility index (Phi) is 6.68. The van der Waals surface area contributed by atoms with Crippen LogP contribution >= 0.6 is 27.5 Å². The zero-order valence-electron chi connectivity index (χ0n) is 19.1. The predicted molar refractivity (Wildman–Crippen MR) is 143 cm³/mol. The van der Waals surface area contributed by atoms with E-state index in [9.17, 15) is 9.59 Å². The maximum Gasteiger partial charge on any atom is 0.341 e. The van der Waals surface area contributed by atoms with Crippen LogP contribution in [0.5, 0.6) is 11.5 Å². The molecule has 5 rings (SSSR count). The average Bonchev–Trinajstić information content (AvgIpc) is 3.30. The number of carboxylic acids is 1. The number of fused-ring (bicyclic) bond motifs is 2. The second-order valence-electron chi connectivity index (χ2n) is 7.82. The fraction of sp³-hybridized carbons (Fsp3) is 0.0769. The van der Waals surface area contributed by atoms with Crippen LogP contribution in [0.4, 0.5) is 0 Å². The predicted octanol–water partition coefficient (Wildman–Crippen LogP) is 5.58. The molecule has 0 aliphatic carbocycles. The molecule has 1 N–H and O–H groups in total. The summed E-state index contributed by atoms with van der Waals surface area (Å²) in [6.07, 6.45) is 1.33. The van der Waals surface area contributed by atoms with Gasteiger partial charge in [0.1, 0.15) is 5.58 Å². The van der Waals surface area contributed by atoms with Crippen molar-refractivity contribution < 1.29 is 23.8 Å². The van der Waals surface area contributed by atoms with Gasteiger partial charge in [0, 0.05) is 26.5 Å². The van der Waals surface area contributed by atoms with Crippen LogP contribution in [0.1, 0.15) is 5.56 Å².